The molecule has 8 nitrogen and oxygen atoms in total. The van der Waals surface area contributed by atoms with Crippen LogP contribution < -0.4 is 10.6 Å². The Kier molecular flexibility index (Phi) is 12.2. The number of guanidine groups is 1. The van der Waals surface area contributed by atoms with Crippen LogP contribution in [0.25, 0.3) is 0 Å². The van der Waals surface area contributed by atoms with Crippen LogP contribution in [0.4, 0.5) is 0 Å². The van der Waals surface area contributed by atoms with Crippen molar-refractivity contribution in [3.8, 4) is 0 Å². The predicted molar refractivity (Wildman–Crippen MR) is 115 cm³/mol. The number of hydrogen-bond donors (Lipinski definition) is 2. The normalized spacial score (nSPS) is 11.1. The summed E-state index contributed by atoms with van der Waals surface area (Å²) in [6, 6.07) is 0. The molecule has 1 rings (SSSR count). The van der Waals surface area contributed by atoms with E-state index in [-0.39, 0.29) is 36.4 Å². The summed E-state index contributed by atoms with van der Waals surface area (Å²) in [5, 5.41) is 10.9. The Morgan fingerprint density at radius 3 is 2.46 bits per heavy atom. The summed E-state index contributed by atoms with van der Waals surface area (Å²) in [6.07, 6.45) is 1.92. The van der Waals surface area contributed by atoms with E-state index in [1.165, 1.54) is 16.2 Å². The van der Waals surface area contributed by atoms with Crippen molar-refractivity contribution in [2.24, 2.45) is 12.0 Å². The first-order valence-corrected chi connectivity index (χ1v) is 8.57. The van der Waals surface area contributed by atoms with E-state index in [1.54, 1.807) is 21.2 Å². The van der Waals surface area contributed by atoms with Gasteiger partial charge in [-0.1, -0.05) is 0 Å². The number of nitrogens with zero attached hydrogens (tertiary/aromatic N) is 4. The molecule has 1 aromatic rings. The molecule has 0 fully saturated rings. The van der Waals surface area contributed by atoms with Gasteiger partial charge in [-0.15, -0.1) is 24.0 Å². The van der Waals surface area contributed by atoms with Crippen molar-refractivity contribution < 1.29 is 9.53 Å². The summed E-state index contributed by atoms with van der Waals surface area (Å²) in [6.45, 7) is 6.24. The fraction of sp³-hybridized carbons (Fsp3) is 0.706. The second kappa shape index (κ2) is 12.9. The van der Waals surface area contributed by atoms with Crippen LogP contribution in [0.1, 0.15) is 23.4 Å². The molecule has 0 aliphatic carbocycles. The van der Waals surface area contributed by atoms with Gasteiger partial charge in [0.05, 0.1) is 12.3 Å². The van der Waals surface area contributed by atoms with Gasteiger partial charge >= 0.3 is 0 Å². The summed E-state index contributed by atoms with van der Waals surface area (Å²) < 4.78 is 6.96. The van der Waals surface area contributed by atoms with Crippen LogP contribution in [0.3, 0.4) is 0 Å². The van der Waals surface area contributed by atoms with Crippen molar-refractivity contribution in [3.63, 3.8) is 0 Å². The van der Waals surface area contributed by atoms with Gasteiger partial charge < -0.3 is 20.3 Å². The third-order valence-electron chi connectivity index (χ3n) is 4.02. The zero-order valence-corrected chi connectivity index (χ0v) is 19.1. The second-order valence-electron chi connectivity index (χ2n) is 6.18. The number of aromatic nitrogens is 2. The van der Waals surface area contributed by atoms with Crippen molar-refractivity contribution in [1.82, 2.24) is 25.3 Å². The van der Waals surface area contributed by atoms with Crippen LogP contribution in [0.15, 0.2) is 4.99 Å². The van der Waals surface area contributed by atoms with Gasteiger partial charge in [-0.25, -0.2) is 4.99 Å². The van der Waals surface area contributed by atoms with Gasteiger partial charge in [-0.05, 0) is 32.3 Å². The summed E-state index contributed by atoms with van der Waals surface area (Å²) >= 11 is 0. The summed E-state index contributed by atoms with van der Waals surface area (Å²) in [4.78, 5) is 17.6. The molecule has 0 aromatic carbocycles. The molecule has 0 bridgehead atoms. The number of carbonyl (C=O) groups excluding carboxylic acids is 1. The third-order valence-corrected chi connectivity index (χ3v) is 4.02. The standard InChI is InChI=1S/C17H32N6O2.HI/c1-13-15(14(2)23(5)21-13)8-7-9-18-17(19-10-11-25-6)20-12-16(24)22(3)4;/h7-12H2,1-6H3,(H2,18,19,20);1H. The molecule has 0 saturated carbocycles. The number of methoxy groups -OCH3 is 1. The van der Waals surface area contributed by atoms with Crippen LogP contribution in [-0.4, -0.2) is 74.0 Å². The van der Waals surface area contributed by atoms with Gasteiger partial charge in [0.25, 0.3) is 0 Å². The summed E-state index contributed by atoms with van der Waals surface area (Å²) in [5.41, 5.74) is 3.60. The molecule has 9 heteroatoms. The molecule has 0 aliphatic heterocycles. The number of likely N-dealkylation sites (N-methyl/N-ethyl adjacent to an activating group) is 1. The summed E-state index contributed by atoms with van der Waals surface area (Å²) in [7, 11) is 7.07. The van der Waals surface area contributed by atoms with Crippen molar-refractivity contribution in [3.05, 3.63) is 17.0 Å². The van der Waals surface area contributed by atoms with Crippen LogP contribution in [0.5, 0.6) is 0 Å². The number of hydrogen-bond acceptors (Lipinski definition) is 4. The molecule has 0 aliphatic rings. The van der Waals surface area contributed by atoms with Crippen molar-refractivity contribution in [2.75, 3.05) is 47.4 Å². The van der Waals surface area contributed by atoms with Crippen LogP contribution >= 0.6 is 24.0 Å². The van der Waals surface area contributed by atoms with Gasteiger partial charge in [0.15, 0.2) is 5.96 Å². The molecule has 2 N–H and O–H groups in total. The number of aliphatic imine (C=N–C) groups is 1. The maximum Gasteiger partial charge on any atom is 0.243 e. The van der Waals surface area contributed by atoms with E-state index in [4.69, 9.17) is 4.74 Å². The predicted octanol–water partition coefficient (Wildman–Crippen LogP) is 0.857. The minimum Gasteiger partial charge on any atom is -0.383 e. The lowest BCUT2D eigenvalue weighted by atomic mass is 10.1. The molecule has 1 amide bonds. The zero-order chi connectivity index (χ0) is 18.8. The van der Waals surface area contributed by atoms with E-state index in [2.05, 4.69) is 27.6 Å². The Bertz CT molecular complexity index is 586. The molecule has 0 atom stereocenters. The maximum atomic E-state index is 11.7. The number of halogens is 1. The molecule has 1 heterocycles. The van der Waals surface area contributed by atoms with Crippen molar-refractivity contribution in [2.45, 2.75) is 26.7 Å². The lowest BCUT2D eigenvalue weighted by Gasteiger charge is -2.13. The molecule has 0 spiro atoms. The zero-order valence-electron chi connectivity index (χ0n) is 16.8. The van der Waals surface area contributed by atoms with Gasteiger partial charge in [0.1, 0.15) is 6.54 Å². The van der Waals surface area contributed by atoms with E-state index in [1.807, 2.05) is 18.7 Å². The van der Waals surface area contributed by atoms with E-state index < -0.39 is 0 Å². The average Bonchev–Trinajstić information content (AvgIpc) is 2.81. The highest BCUT2D eigenvalue weighted by Gasteiger charge is 2.09. The Hall–Kier alpha value is -1.36. The van der Waals surface area contributed by atoms with Gasteiger partial charge in [-0.3, -0.25) is 9.48 Å². The highest BCUT2D eigenvalue weighted by atomic mass is 127. The van der Waals surface area contributed by atoms with Crippen molar-refractivity contribution >= 4 is 35.8 Å². The fourth-order valence-electron chi connectivity index (χ4n) is 2.39. The first-order valence-electron chi connectivity index (χ1n) is 8.57. The monoisotopic (exact) mass is 480 g/mol. The highest BCUT2D eigenvalue weighted by Crippen LogP contribution is 2.13. The molecule has 1 aromatic heterocycles. The van der Waals surface area contributed by atoms with Crippen LogP contribution in [0.2, 0.25) is 0 Å². The lowest BCUT2D eigenvalue weighted by molar-refractivity contribution is -0.127. The maximum absolute atomic E-state index is 11.7. The SMILES string of the molecule is COCCNC(=NCC(=O)N(C)C)NCCCc1c(C)nn(C)c1C.I. The van der Waals surface area contributed by atoms with E-state index in [9.17, 15) is 4.79 Å². The number of nitrogens with one attached hydrogen (secondary N) is 2. The van der Waals surface area contributed by atoms with E-state index in [0.717, 1.165) is 25.1 Å². The number of aryl methyl sites for hydroxylation is 2. The molecule has 0 saturated heterocycles. The molecule has 26 heavy (non-hydrogen) atoms. The Labute approximate surface area is 173 Å². The Morgan fingerprint density at radius 1 is 1.27 bits per heavy atom. The largest absolute Gasteiger partial charge is 0.383 e. The average molecular weight is 480 g/mol. The highest BCUT2D eigenvalue weighted by molar-refractivity contribution is 14.0. The number of amides is 1. The Balaban J connectivity index is 0.00000625. The van der Waals surface area contributed by atoms with E-state index in [0.29, 0.717) is 19.1 Å². The molecule has 150 valence electrons. The second-order valence-corrected chi connectivity index (χ2v) is 6.18. The van der Waals surface area contributed by atoms with Crippen LogP contribution in [-0.2, 0) is 23.0 Å². The molecule has 0 radical (unpaired) electrons. The van der Waals surface area contributed by atoms with Crippen LogP contribution in [0, 0.1) is 13.8 Å². The van der Waals surface area contributed by atoms with E-state index >= 15 is 0 Å². The molecular formula is C17H33IN6O2. The minimum absolute atomic E-state index is 0. The van der Waals surface area contributed by atoms with Gasteiger partial charge in [-0.2, -0.15) is 5.10 Å². The number of rotatable bonds is 9. The minimum atomic E-state index is -0.0329. The topological polar surface area (TPSA) is 83.8 Å². The van der Waals surface area contributed by atoms with Crippen molar-refractivity contribution in [1.29, 1.82) is 0 Å². The lowest BCUT2D eigenvalue weighted by Crippen LogP contribution is -2.40. The Morgan fingerprint density at radius 2 is 1.92 bits per heavy atom. The third kappa shape index (κ3) is 8.35. The smallest absolute Gasteiger partial charge is 0.243 e. The summed E-state index contributed by atoms with van der Waals surface area (Å²) in [5.74, 6) is 0.598. The van der Waals surface area contributed by atoms with Gasteiger partial charge in [0.2, 0.25) is 5.91 Å². The number of carbonyl (C=O) groups is 1. The molecule has 0 unspecified atom stereocenters. The quantitative estimate of drug-likeness (QED) is 0.237. The first-order chi connectivity index (χ1) is 11.9. The number of ether oxygens (including phenoxy) is 1. The molecular weight excluding hydrogens is 447 g/mol. The van der Waals surface area contributed by atoms with Gasteiger partial charge in [0, 0.05) is 47.0 Å². The first kappa shape index (κ1) is 24.6. The fourth-order valence-corrected chi connectivity index (χ4v) is 2.39.